The summed E-state index contributed by atoms with van der Waals surface area (Å²) < 4.78 is 53.2. The highest BCUT2D eigenvalue weighted by atomic mass is 19.4. The van der Waals surface area contributed by atoms with Gasteiger partial charge in [0.15, 0.2) is 5.65 Å². The number of nitrogens with zero attached hydrogens (tertiary/aromatic N) is 3. The maximum atomic E-state index is 12.3. The summed E-state index contributed by atoms with van der Waals surface area (Å²) in [6.07, 6.45) is -1.65. The Morgan fingerprint density at radius 2 is 1.86 bits per heavy atom. The highest BCUT2D eigenvalue weighted by molar-refractivity contribution is 5.96. The summed E-state index contributed by atoms with van der Waals surface area (Å²) in [5.74, 6) is -0.00754. The standard InChI is InChI=1S/C24H21F3N4O4/c1-33-10-9-28-23(32)17-11-21-22(29-13-17)31(15-30-21)18-3-2-4-20(12-18)34-14-16-5-7-19(8-6-16)35-24(25,26)27/h2-8,11-13,15H,9-10,14H2,1H3,(H,28,32). The fourth-order valence-electron chi connectivity index (χ4n) is 3.26. The van der Waals surface area contributed by atoms with E-state index < -0.39 is 6.36 Å². The molecule has 4 aromatic rings. The molecule has 0 aliphatic carbocycles. The number of carbonyl (C=O) groups is 1. The van der Waals surface area contributed by atoms with Gasteiger partial charge in [0.05, 0.1) is 17.9 Å². The molecule has 0 fully saturated rings. The van der Waals surface area contributed by atoms with Gasteiger partial charge in [-0.05, 0) is 35.9 Å². The van der Waals surface area contributed by atoms with Gasteiger partial charge < -0.3 is 19.5 Å². The third-order valence-corrected chi connectivity index (χ3v) is 4.90. The summed E-state index contributed by atoms with van der Waals surface area (Å²) in [4.78, 5) is 21.0. The van der Waals surface area contributed by atoms with E-state index in [1.807, 2.05) is 6.07 Å². The topological polar surface area (TPSA) is 87.5 Å². The number of nitrogens with one attached hydrogen (secondary N) is 1. The summed E-state index contributed by atoms with van der Waals surface area (Å²) in [5.41, 5.74) is 2.93. The van der Waals surface area contributed by atoms with Crippen molar-refractivity contribution in [1.29, 1.82) is 0 Å². The van der Waals surface area contributed by atoms with Crippen LogP contribution in [0.3, 0.4) is 0 Å². The maximum absolute atomic E-state index is 12.3. The van der Waals surface area contributed by atoms with Crippen LogP contribution in [-0.4, -0.2) is 47.1 Å². The zero-order valence-electron chi connectivity index (χ0n) is 18.6. The number of hydrogen-bond donors (Lipinski definition) is 1. The Labute approximate surface area is 198 Å². The zero-order valence-corrected chi connectivity index (χ0v) is 18.6. The quantitative estimate of drug-likeness (QED) is 0.356. The van der Waals surface area contributed by atoms with Gasteiger partial charge in [0.2, 0.25) is 0 Å². The number of amides is 1. The second-order valence-corrected chi connectivity index (χ2v) is 7.41. The third-order valence-electron chi connectivity index (χ3n) is 4.90. The maximum Gasteiger partial charge on any atom is 0.573 e. The van der Waals surface area contributed by atoms with E-state index in [1.165, 1.54) is 30.5 Å². The minimum atomic E-state index is -4.73. The predicted molar refractivity (Wildman–Crippen MR) is 121 cm³/mol. The monoisotopic (exact) mass is 486 g/mol. The van der Waals surface area contributed by atoms with Crippen molar-refractivity contribution < 1.29 is 32.2 Å². The first-order chi connectivity index (χ1) is 16.8. The van der Waals surface area contributed by atoms with Crippen molar-refractivity contribution in [3.05, 3.63) is 78.2 Å². The van der Waals surface area contributed by atoms with Crippen LogP contribution in [0.5, 0.6) is 11.5 Å². The molecule has 4 rings (SSSR count). The van der Waals surface area contributed by atoms with Gasteiger partial charge in [-0.25, -0.2) is 9.97 Å². The SMILES string of the molecule is COCCNC(=O)c1cnc2c(c1)ncn2-c1cccc(OCc2ccc(OC(F)(F)F)cc2)c1. The molecule has 1 amide bonds. The number of alkyl halides is 3. The van der Waals surface area contributed by atoms with Crippen molar-refractivity contribution in [2.45, 2.75) is 13.0 Å². The molecule has 11 heteroatoms. The van der Waals surface area contributed by atoms with Crippen molar-refractivity contribution in [2.75, 3.05) is 20.3 Å². The number of fused-ring (bicyclic) bond motifs is 1. The minimum Gasteiger partial charge on any atom is -0.489 e. The van der Waals surface area contributed by atoms with Gasteiger partial charge in [-0.15, -0.1) is 13.2 Å². The average molecular weight is 486 g/mol. The van der Waals surface area contributed by atoms with E-state index in [1.54, 1.807) is 42.3 Å². The van der Waals surface area contributed by atoms with Crippen molar-refractivity contribution in [3.8, 4) is 17.2 Å². The molecular weight excluding hydrogens is 465 g/mol. The van der Waals surface area contributed by atoms with Crippen LogP contribution in [0.4, 0.5) is 13.2 Å². The number of methoxy groups -OCH3 is 1. The molecule has 0 atom stereocenters. The molecule has 0 unspecified atom stereocenters. The lowest BCUT2D eigenvalue weighted by Gasteiger charge is -2.11. The molecule has 0 radical (unpaired) electrons. The molecule has 2 aromatic carbocycles. The number of carbonyl (C=O) groups excluding carboxylic acids is 1. The third kappa shape index (κ3) is 6.27. The van der Waals surface area contributed by atoms with Crippen LogP contribution in [0.25, 0.3) is 16.9 Å². The number of halogens is 3. The smallest absolute Gasteiger partial charge is 0.489 e. The Bertz CT molecular complexity index is 1310. The number of rotatable bonds is 9. The Hall–Kier alpha value is -4.12. The second kappa shape index (κ2) is 10.4. The first kappa shape index (κ1) is 24.0. The molecule has 2 aromatic heterocycles. The fourth-order valence-corrected chi connectivity index (χ4v) is 3.26. The number of aromatic nitrogens is 3. The summed E-state index contributed by atoms with van der Waals surface area (Å²) >= 11 is 0. The van der Waals surface area contributed by atoms with Crippen molar-refractivity contribution >= 4 is 17.1 Å². The number of imidazole rings is 1. The molecule has 0 bridgehead atoms. The van der Waals surface area contributed by atoms with E-state index in [2.05, 4.69) is 20.0 Å². The van der Waals surface area contributed by atoms with Crippen LogP contribution in [0, 0.1) is 0 Å². The first-order valence-electron chi connectivity index (χ1n) is 10.5. The summed E-state index contributed by atoms with van der Waals surface area (Å²) in [5, 5.41) is 2.74. The average Bonchev–Trinajstić information content (AvgIpc) is 3.26. The number of pyridine rings is 1. The number of benzene rings is 2. The van der Waals surface area contributed by atoms with E-state index in [-0.39, 0.29) is 18.3 Å². The van der Waals surface area contributed by atoms with Gasteiger partial charge in [-0.1, -0.05) is 18.2 Å². The van der Waals surface area contributed by atoms with Gasteiger partial charge in [0, 0.05) is 25.9 Å². The molecule has 0 saturated heterocycles. The molecule has 182 valence electrons. The van der Waals surface area contributed by atoms with Crippen LogP contribution >= 0.6 is 0 Å². The number of hydrogen-bond acceptors (Lipinski definition) is 6. The normalized spacial score (nSPS) is 11.4. The van der Waals surface area contributed by atoms with Crippen molar-refractivity contribution in [1.82, 2.24) is 19.9 Å². The minimum absolute atomic E-state index is 0.153. The van der Waals surface area contributed by atoms with E-state index in [0.29, 0.717) is 41.2 Å². The summed E-state index contributed by atoms with van der Waals surface area (Å²) in [7, 11) is 1.56. The molecule has 0 spiro atoms. The van der Waals surface area contributed by atoms with E-state index in [4.69, 9.17) is 9.47 Å². The Balaban J connectivity index is 1.44. The Morgan fingerprint density at radius 3 is 2.60 bits per heavy atom. The Kier molecular flexibility index (Phi) is 7.16. The molecule has 35 heavy (non-hydrogen) atoms. The van der Waals surface area contributed by atoms with Gasteiger partial charge in [-0.2, -0.15) is 0 Å². The van der Waals surface area contributed by atoms with E-state index >= 15 is 0 Å². The predicted octanol–water partition coefficient (Wildman–Crippen LogP) is 4.27. The molecule has 2 heterocycles. The molecule has 0 saturated carbocycles. The summed E-state index contributed by atoms with van der Waals surface area (Å²) in [6.45, 7) is 0.951. The lowest BCUT2D eigenvalue weighted by molar-refractivity contribution is -0.274. The Morgan fingerprint density at radius 1 is 1.06 bits per heavy atom. The molecule has 0 aliphatic heterocycles. The highest BCUT2D eigenvalue weighted by Gasteiger charge is 2.30. The lowest BCUT2D eigenvalue weighted by Crippen LogP contribution is -2.27. The van der Waals surface area contributed by atoms with Gasteiger partial charge >= 0.3 is 6.36 Å². The zero-order chi connectivity index (χ0) is 24.8. The van der Waals surface area contributed by atoms with Crippen LogP contribution in [0.15, 0.2) is 67.1 Å². The molecule has 1 N–H and O–H groups in total. The van der Waals surface area contributed by atoms with E-state index in [9.17, 15) is 18.0 Å². The molecular formula is C24H21F3N4O4. The van der Waals surface area contributed by atoms with Crippen LogP contribution < -0.4 is 14.8 Å². The van der Waals surface area contributed by atoms with Gasteiger partial charge in [0.25, 0.3) is 5.91 Å². The van der Waals surface area contributed by atoms with Gasteiger partial charge in [-0.3, -0.25) is 9.36 Å². The lowest BCUT2D eigenvalue weighted by atomic mass is 10.2. The van der Waals surface area contributed by atoms with Crippen molar-refractivity contribution in [2.24, 2.45) is 0 Å². The highest BCUT2D eigenvalue weighted by Crippen LogP contribution is 2.24. The van der Waals surface area contributed by atoms with Crippen LogP contribution in [0.1, 0.15) is 15.9 Å². The largest absolute Gasteiger partial charge is 0.573 e. The second-order valence-electron chi connectivity index (χ2n) is 7.41. The van der Waals surface area contributed by atoms with E-state index in [0.717, 1.165) is 5.69 Å². The molecule has 8 nitrogen and oxygen atoms in total. The fraction of sp³-hybridized carbons (Fsp3) is 0.208. The van der Waals surface area contributed by atoms with Crippen molar-refractivity contribution in [3.63, 3.8) is 0 Å². The summed E-state index contributed by atoms with van der Waals surface area (Å²) in [6, 6.07) is 14.3. The van der Waals surface area contributed by atoms with Crippen LogP contribution in [-0.2, 0) is 11.3 Å². The van der Waals surface area contributed by atoms with Crippen LogP contribution in [0.2, 0.25) is 0 Å². The first-order valence-corrected chi connectivity index (χ1v) is 10.5. The van der Waals surface area contributed by atoms with Gasteiger partial charge in [0.1, 0.15) is 29.9 Å². The molecule has 0 aliphatic rings. The number of ether oxygens (including phenoxy) is 3.